The van der Waals surface area contributed by atoms with E-state index in [9.17, 15) is 0 Å². The Morgan fingerprint density at radius 1 is 1.28 bits per heavy atom. The molecule has 98 valence electrons. The van der Waals surface area contributed by atoms with Gasteiger partial charge in [-0.2, -0.15) is 0 Å². The summed E-state index contributed by atoms with van der Waals surface area (Å²) in [6, 6.07) is 9.38. The molecule has 0 aliphatic heterocycles. The summed E-state index contributed by atoms with van der Waals surface area (Å²) in [5, 5.41) is 3.66. The molecule has 0 amide bonds. The average Bonchev–Trinajstić information content (AvgIpc) is 3.26. The van der Waals surface area contributed by atoms with Crippen LogP contribution < -0.4 is 10.1 Å². The Hall–Kier alpha value is -1.02. The molecule has 0 saturated heterocycles. The lowest BCUT2D eigenvalue weighted by atomic mass is 9.96. The fourth-order valence-corrected chi connectivity index (χ4v) is 2.85. The third kappa shape index (κ3) is 2.69. The van der Waals surface area contributed by atoms with Gasteiger partial charge in [0, 0.05) is 6.04 Å². The second kappa shape index (κ2) is 4.58. The van der Waals surface area contributed by atoms with Crippen LogP contribution in [0.25, 0.3) is 0 Å². The van der Waals surface area contributed by atoms with Gasteiger partial charge in [0.2, 0.25) is 0 Å². The molecule has 18 heavy (non-hydrogen) atoms. The van der Waals surface area contributed by atoms with Crippen LogP contribution in [-0.2, 0) is 6.42 Å². The van der Waals surface area contributed by atoms with Crippen molar-refractivity contribution in [3.8, 4) is 5.75 Å². The highest BCUT2D eigenvalue weighted by Gasteiger charge is 2.49. The molecule has 2 heteroatoms. The maximum absolute atomic E-state index is 5.20. The van der Waals surface area contributed by atoms with Gasteiger partial charge in [-0.05, 0) is 61.3 Å². The fourth-order valence-electron chi connectivity index (χ4n) is 2.85. The summed E-state index contributed by atoms with van der Waals surface area (Å²) in [6.07, 6.45) is 5.36. The topological polar surface area (TPSA) is 21.3 Å². The fraction of sp³-hybridized carbons (Fsp3) is 0.625. The van der Waals surface area contributed by atoms with Gasteiger partial charge < -0.3 is 10.1 Å². The highest BCUT2D eigenvalue weighted by molar-refractivity contribution is 5.28. The molecule has 2 nitrogen and oxygen atoms in total. The Balaban J connectivity index is 1.52. The first-order valence-electron chi connectivity index (χ1n) is 7.06. The molecule has 2 fully saturated rings. The zero-order chi connectivity index (χ0) is 12.6. The molecular weight excluding hydrogens is 222 g/mol. The maximum Gasteiger partial charge on any atom is 0.118 e. The highest BCUT2D eigenvalue weighted by Crippen LogP contribution is 2.54. The van der Waals surface area contributed by atoms with E-state index in [4.69, 9.17) is 4.74 Å². The van der Waals surface area contributed by atoms with Crippen molar-refractivity contribution in [3.63, 3.8) is 0 Å². The van der Waals surface area contributed by atoms with Gasteiger partial charge in [0.05, 0.1) is 7.11 Å². The average molecular weight is 245 g/mol. The van der Waals surface area contributed by atoms with Gasteiger partial charge in [-0.3, -0.25) is 0 Å². The van der Waals surface area contributed by atoms with E-state index < -0.39 is 0 Å². The molecule has 0 radical (unpaired) electrons. The van der Waals surface area contributed by atoms with E-state index in [2.05, 4.69) is 36.5 Å². The first-order chi connectivity index (χ1) is 8.69. The van der Waals surface area contributed by atoms with Crippen LogP contribution >= 0.6 is 0 Å². The van der Waals surface area contributed by atoms with Gasteiger partial charge in [0.1, 0.15) is 5.75 Å². The van der Waals surface area contributed by atoms with Crippen LogP contribution in [0.4, 0.5) is 0 Å². The monoisotopic (exact) mass is 245 g/mol. The van der Waals surface area contributed by atoms with Crippen LogP contribution in [0.3, 0.4) is 0 Å². The molecule has 1 aromatic rings. The van der Waals surface area contributed by atoms with Gasteiger partial charge >= 0.3 is 0 Å². The second-order valence-electron chi connectivity index (χ2n) is 6.26. The van der Waals surface area contributed by atoms with Crippen LogP contribution in [0, 0.1) is 11.3 Å². The Morgan fingerprint density at radius 3 is 2.61 bits per heavy atom. The van der Waals surface area contributed by atoms with Crippen molar-refractivity contribution in [1.29, 1.82) is 0 Å². The van der Waals surface area contributed by atoms with E-state index >= 15 is 0 Å². The highest BCUT2D eigenvalue weighted by atomic mass is 16.5. The number of methoxy groups -OCH3 is 1. The molecule has 2 aliphatic carbocycles. The molecule has 0 heterocycles. The Bertz CT molecular complexity index is 410. The predicted molar refractivity (Wildman–Crippen MR) is 73.9 cm³/mol. The smallest absolute Gasteiger partial charge is 0.118 e. The minimum Gasteiger partial charge on any atom is -0.497 e. The zero-order valence-corrected chi connectivity index (χ0v) is 11.4. The first kappa shape index (κ1) is 12.0. The standard InChI is InChI=1S/C16H23NO/c1-16(10-13(16)11-17-14-5-6-14)9-12-3-7-15(18-2)8-4-12/h3-4,7-8,13-14,17H,5-6,9-11H2,1-2H3. The van der Waals surface area contributed by atoms with Crippen LogP contribution in [0.15, 0.2) is 24.3 Å². The number of hydrogen-bond acceptors (Lipinski definition) is 2. The third-order valence-electron chi connectivity index (χ3n) is 4.54. The number of rotatable bonds is 6. The van der Waals surface area contributed by atoms with Gasteiger partial charge in [0.25, 0.3) is 0 Å². The molecule has 2 unspecified atom stereocenters. The van der Waals surface area contributed by atoms with Crippen LogP contribution in [0.5, 0.6) is 5.75 Å². The van der Waals surface area contributed by atoms with E-state index in [-0.39, 0.29) is 0 Å². The van der Waals surface area contributed by atoms with Crippen LogP contribution in [-0.4, -0.2) is 19.7 Å². The van der Waals surface area contributed by atoms with Gasteiger partial charge in [-0.1, -0.05) is 19.1 Å². The number of ether oxygens (including phenoxy) is 1. The van der Waals surface area contributed by atoms with Crippen molar-refractivity contribution in [3.05, 3.63) is 29.8 Å². The van der Waals surface area contributed by atoms with E-state index in [1.54, 1.807) is 7.11 Å². The normalized spacial score (nSPS) is 30.2. The number of hydrogen-bond donors (Lipinski definition) is 1. The van der Waals surface area contributed by atoms with E-state index in [0.717, 1.165) is 17.7 Å². The summed E-state index contributed by atoms with van der Waals surface area (Å²) in [4.78, 5) is 0. The molecule has 1 aromatic carbocycles. The summed E-state index contributed by atoms with van der Waals surface area (Å²) in [5.41, 5.74) is 1.96. The Morgan fingerprint density at radius 2 is 2.00 bits per heavy atom. The SMILES string of the molecule is COc1ccc(CC2(C)CC2CNC2CC2)cc1. The van der Waals surface area contributed by atoms with Crippen molar-refractivity contribution < 1.29 is 4.74 Å². The lowest BCUT2D eigenvalue weighted by molar-refractivity contribution is 0.414. The van der Waals surface area contributed by atoms with Gasteiger partial charge in [-0.25, -0.2) is 0 Å². The molecule has 1 N–H and O–H groups in total. The van der Waals surface area contributed by atoms with Gasteiger partial charge in [-0.15, -0.1) is 0 Å². The Labute approximate surface area is 110 Å². The lowest BCUT2D eigenvalue weighted by Gasteiger charge is -2.12. The first-order valence-corrected chi connectivity index (χ1v) is 7.06. The minimum atomic E-state index is 0.524. The van der Waals surface area contributed by atoms with Crippen molar-refractivity contribution in [2.45, 2.75) is 38.6 Å². The lowest BCUT2D eigenvalue weighted by Crippen LogP contribution is -2.21. The largest absolute Gasteiger partial charge is 0.497 e. The molecule has 2 aliphatic rings. The second-order valence-corrected chi connectivity index (χ2v) is 6.26. The Kier molecular flexibility index (Phi) is 3.06. The molecule has 0 aromatic heterocycles. The summed E-state index contributed by atoms with van der Waals surface area (Å²) in [7, 11) is 1.72. The number of nitrogens with one attached hydrogen (secondary N) is 1. The quantitative estimate of drug-likeness (QED) is 0.832. The van der Waals surface area contributed by atoms with E-state index in [1.165, 1.54) is 37.8 Å². The molecule has 3 rings (SSSR count). The minimum absolute atomic E-state index is 0.524. The number of benzene rings is 1. The summed E-state index contributed by atoms with van der Waals surface area (Å²) >= 11 is 0. The summed E-state index contributed by atoms with van der Waals surface area (Å²) in [6.45, 7) is 3.65. The molecule has 2 saturated carbocycles. The molecular formula is C16H23NO. The summed E-state index contributed by atoms with van der Waals surface area (Å²) in [5.74, 6) is 1.83. The third-order valence-corrected chi connectivity index (χ3v) is 4.54. The van der Waals surface area contributed by atoms with Gasteiger partial charge in [0.15, 0.2) is 0 Å². The van der Waals surface area contributed by atoms with Crippen LogP contribution in [0.1, 0.15) is 31.7 Å². The van der Waals surface area contributed by atoms with Crippen molar-refractivity contribution in [1.82, 2.24) is 5.32 Å². The molecule has 0 bridgehead atoms. The van der Waals surface area contributed by atoms with E-state index in [1.807, 2.05) is 0 Å². The summed E-state index contributed by atoms with van der Waals surface area (Å²) < 4.78 is 5.20. The maximum atomic E-state index is 5.20. The van der Waals surface area contributed by atoms with Crippen molar-refractivity contribution in [2.24, 2.45) is 11.3 Å². The molecule has 0 spiro atoms. The van der Waals surface area contributed by atoms with E-state index in [0.29, 0.717) is 5.41 Å². The predicted octanol–water partition coefficient (Wildman–Crippen LogP) is 3.02. The van der Waals surface area contributed by atoms with Crippen LogP contribution in [0.2, 0.25) is 0 Å². The molecule has 2 atom stereocenters. The van der Waals surface area contributed by atoms with Crippen molar-refractivity contribution in [2.75, 3.05) is 13.7 Å². The van der Waals surface area contributed by atoms with Crippen molar-refractivity contribution >= 4 is 0 Å². The zero-order valence-electron chi connectivity index (χ0n) is 11.4.